The summed E-state index contributed by atoms with van der Waals surface area (Å²) >= 11 is 0. The van der Waals surface area contributed by atoms with Crippen molar-refractivity contribution in [2.24, 2.45) is 0 Å². The molecule has 4 atom stereocenters. The predicted molar refractivity (Wildman–Crippen MR) is 118 cm³/mol. The standard InChI is InChI=1S/C19H24N5O10P/c1-31-11-4-10(25)12(32-2)3-9(11)5-20-17-14-18(22-7-21-17)24(8-23-14)19-16(27)15(26)13(34-19)6-33-35(28,29)30/h3-4,7-8,13,15-16,19,25-27H,5-6H2,1-2H3,(H,20,21,22)(H2,28,29,30)/t13-,15-,16-,19-/m1/s1. The highest BCUT2D eigenvalue weighted by molar-refractivity contribution is 7.46. The Hall–Kier alpha value is -3.04. The van der Waals surface area contributed by atoms with Gasteiger partial charge in [0.2, 0.25) is 0 Å². The summed E-state index contributed by atoms with van der Waals surface area (Å²) in [5.41, 5.74) is 1.27. The molecule has 0 saturated carbocycles. The van der Waals surface area contributed by atoms with Crippen molar-refractivity contribution in [3.8, 4) is 17.2 Å². The van der Waals surface area contributed by atoms with E-state index in [0.717, 1.165) is 0 Å². The van der Waals surface area contributed by atoms with Gasteiger partial charge in [-0.2, -0.15) is 0 Å². The second-order valence-electron chi connectivity index (χ2n) is 7.57. The number of rotatable bonds is 9. The molecule has 3 aromatic rings. The number of anilines is 1. The van der Waals surface area contributed by atoms with Gasteiger partial charge in [-0.3, -0.25) is 9.09 Å². The number of phosphoric ester groups is 1. The maximum absolute atomic E-state index is 11.0. The molecule has 0 spiro atoms. The van der Waals surface area contributed by atoms with Crippen molar-refractivity contribution in [1.29, 1.82) is 0 Å². The van der Waals surface area contributed by atoms with Gasteiger partial charge in [0.25, 0.3) is 0 Å². The molecule has 4 rings (SSSR count). The van der Waals surface area contributed by atoms with Crippen molar-refractivity contribution in [1.82, 2.24) is 19.5 Å². The third-order valence-corrected chi connectivity index (χ3v) is 5.89. The molecule has 15 nitrogen and oxygen atoms in total. The Balaban J connectivity index is 1.56. The Kier molecular flexibility index (Phi) is 7.10. The van der Waals surface area contributed by atoms with Gasteiger partial charge in [-0.15, -0.1) is 0 Å². The molecule has 0 radical (unpaired) electrons. The van der Waals surface area contributed by atoms with Crippen LogP contribution in [0.3, 0.4) is 0 Å². The number of aromatic hydroxyl groups is 1. The number of phenols is 1. The molecule has 1 aliphatic heterocycles. The lowest BCUT2D eigenvalue weighted by molar-refractivity contribution is -0.0504. The molecule has 6 N–H and O–H groups in total. The minimum Gasteiger partial charge on any atom is -0.504 e. The van der Waals surface area contributed by atoms with Crippen LogP contribution in [0, 0.1) is 0 Å². The Bertz CT molecular complexity index is 1250. The summed E-state index contributed by atoms with van der Waals surface area (Å²) in [7, 11) is -1.89. The van der Waals surface area contributed by atoms with Crippen LogP contribution in [0.1, 0.15) is 11.8 Å². The van der Waals surface area contributed by atoms with Gasteiger partial charge >= 0.3 is 7.82 Å². The minimum atomic E-state index is -4.79. The number of phenolic OH excluding ortho intramolecular Hbond substituents is 1. The number of fused-ring (bicyclic) bond motifs is 1. The zero-order chi connectivity index (χ0) is 25.3. The van der Waals surface area contributed by atoms with E-state index in [0.29, 0.717) is 22.6 Å². The number of nitrogens with one attached hydrogen (secondary N) is 1. The zero-order valence-corrected chi connectivity index (χ0v) is 19.4. The zero-order valence-electron chi connectivity index (χ0n) is 18.5. The lowest BCUT2D eigenvalue weighted by Crippen LogP contribution is -2.33. The van der Waals surface area contributed by atoms with E-state index in [-0.39, 0.29) is 23.7 Å². The van der Waals surface area contributed by atoms with E-state index >= 15 is 0 Å². The number of methoxy groups -OCH3 is 2. The number of aliphatic hydroxyl groups is 2. The first kappa shape index (κ1) is 25.1. The van der Waals surface area contributed by atoms with Crippen LogP contribution in [0.15, 0.2) is 24.8 Å². The molecule has 1 aromatic carbocycles. The van der Waals surface area contributed by atoms with Gasteiger partial charge in [-0.25, -0.2) is 19.5 Å². The topological polar surface area (TPSA) is 211 Å². The van der Waals surface area contributed by atoms with E-state index in [9.17, 15) is 19.9 Å². The second-order valence-corrected chi connectivity index (χ2v) is 8.81. The maximum Gasteiger partial charge on any atom is 0.469 e. The number of aliphatic hydroxyl groups excluding tert-OH is 2. The number of hydrogen-bond donors (Lipinski definition) is 6. The highest BCUT2D eigenvalue weighted by Crippen LogP contribution is 2.39. The van der Waals surface area contributed by atoms with Crippen LogP contribution < -0.4 is 14.8 Å². The molecule has 35 heavy (non-hydrogen) atoms. The first-order valence-electron chi connectivity index (χ1n) is 10.2. The lowest BCUT2D eigenvalue weighted by atomic mass is 10.1. The number of imidazole rings is 1. The molecule has 1 fully saturated rings. The fourth-order valence-corrected chi connectivity index (χ4v) is 4.04. The minimum absolute atomic E-state index is 0.0712. The summed E-state index contributed by atoms with van der Waals surface area (Å²) in [4.78, 5) is 30.4. The van der Waals surface area contributed by atoms with Crippen LogP contribution in [-0.2, 0) is 20.4 Å². The Morgan fingerprint density at radius 2 is 1.86 bits per heavy atom. The summed E-state index contributed by atoms with van der Waals surface area (Å²) in [5.74, 6) is 0.963. The predicted octanol–water partition coefficient (Wildman–Crippen LogP) is -0.110. The van der Waals surface area contributed by atoms with E-state index in [4.69, 9.17) is 24.0 Å². The highest BCUT2D eigenvalue weighted by Gasteiger charge is 2.45. The average Bonchev–Trinajstić information content (AvgIpc) is 3.37. The molecule has 16 heteroatoms. The highest BCUT2D eigenvalue weighted by atomic mass is 31.2. The first-order valence-corrected chi connectivity index (χ1v) is 11.7. The summed E-state index contributed by atoms with van der Waals surface area (Å²) in [6, 6.07) is 3.04. The molecule has 3 heterocycles. The fourth-order valence-electron chi connectivity index (χ4n) is 3.70. The molecule has 0 unspecified atom stereocenters. The quantitative estimate of drug-likeness (QED) is 0.206. The molecule has 0 bridgehead atoms. The Morgan fingerprint density at radius 1 is 1.11 bits per heavy atom. The van der Waals surface area contributed by atoms with E-state index in [1.807, 2.05) is 0 Å². The summed E-state index contributed by atoms with van der Waals surface area (Å²) in [6.07, 6.45) is -2.66. The van der Waals surface area contributed by atoms with Gasteiger partial charge in [-0.05, 0) is 6.07 Å². The largest absolute Gasteiger partial charge is 0.504 e. The van der Waals surface area contributed by atoms with E-state index in [1.165, 1.54) is 37.5 Å². The summed E-state index contributed by atoms with van der Waals surface area (Å²) < 4.78 is 32.8. The van der Waals surface area contributed by atoms with Crippen LogP contribution in [-0.4, -0.2) is 83.8 Å². The fraction of sp³-hybridized carbons (Fsp3) is 0.421. The number of aromatic nitrogens is 4. The first-order chi connectivity index (χ1) is 16.6. The number of ether oxygens (including phenoxy) is 3. The SMILES string of the molecule is COc1cc(CNc2ncnc3c2ncn3[C@@H]2O[C@H](COP(=O)(O)O)[C@@H](O)[C@H]2O)c(OC)cc1O. The molecular weight excluding hydrogens is 489 g/mol. The van der Waals surface area contributed by atoms with Crippen molar-refractivity contribution in [3.63, 3.8) is 0 Å². The second kappa shape index (κ2) is 9.91. The van der Waals surface area contributed by atoms with Crippen LogP contribution in [0.4, 0.5) is 5.82 Å². The van der Waals surface area contributed by atoms with Crippen LogP contribution in [0.2, 0.25) is 0 Å². The number of benzene rings is 1. The van der Waals surface area contributed by atoms with Gasteiger partial charge in [0.05, 0.1) is 27.2 Å². The molecule has 190 valence electrons. The van der Waals surface area contributed by atoms with Crippen molar-refractivity contribution in [2.45, 2.75) is 31.1 Å². The molecule has 0 amide bonds. The van der Waals surface area contributed by atoms with Crippen LogP contribution >= 0.6 is 7.82 Å². The molecule has 1 saturated heterocycles. The maximum atomic E-state index is 11.0. The molecular formula is C19H24N5O10P. The van der Waals surface area contributed by atoms with E-state index < -0.39 is 39.0 Å². The molecule has 0 aliphatic carbocycles. The number of phosphoric acid groups is 1. The van der Waals surface area contributed by atoms with E-state index in [1.54, 1.807) is 6.07 Å². The third kappa shape index (κ3) is 5.16. The van der Waals surface area contributed by atoms with Crippen molar-refractivity contribution < 1.29 is 48.4 Å². The monoisotopic (exact) mass is 513 g/mol. The molecule has 1 aliphatic rings. The van der Waals surface area contributed by atoms with Crippen molar-refractivity contribution in [2.75, 3.05) is 26.1 Å². The Labute approximate surface area is 198 Å². The van der Waals surface area contributed by atoms with Gasteiger partial charge in [0.15, 0.2) is 34.7 Å². The average molecular weight is 513 g/mol. The lowest BCUT2D eigenvalue weighted by Gasteiger charge is -2.17. The van der Waals surface area contributed by atoms with Crippen molar-refractivity contribution >= 4 is 24.8 Å². The van der Waals surface area contributed by atoms with Gasteiger partial charge < -0.3 is 44.6 Å². The van der Waals surface area contributed by atoms with Gasteiger partial charge in [-0.1, -0.05) is 0 Å². The van der Waals surface area contributed by atoms with Gasteiger partial charge in [0.1, 0.15) is 30.4 Å². The van der Waals surface area contributed by atoms with E-state index in [2.05, 4.69) is 24.8 Å². The van der Waals surface area contributed by atoms with Gasteiger partial charge in [0, 0.05) is 18.2 Å². The summed E-state index contributed by atoms with van der Waals surface area (Å²) in [6.45, 7) is -0.410. The number of hydrogen-bond acceptors (Lipinski definition) is 12. The van der Waals surface area contributed by atoms with Crippen LogP contribution in [0.25, 0.3) is 11.2 Å². The molecule has 2 aromatic heterocycles. The Morgan fingerprint density at radius 3 is 2.54 bits per heavy atom. The number of nitrogens with zero attached hydrogens (tertiary/aromatic N) is 4. The summed E-state index contributed by atoms with van der Waals surface area (Å²) in [5, 5.41) is 33.8. The smallest absolute Gasteiger partial charge is 0.469 e. The van der Waals surface area contributed by atoms with Crippen LogP contribution in [0.5, 0.6) is 17.2 Å². The van der Waals surface area contributed by atoms with Crippen molar-refractivity contribution in [3.05, 3.63) is 30.4 Å². The normalized spacial score (nSPS) is 22.5. The third-order valence-electron chi connectivity index (χ3n) is 5.41.